The van der Waals surface area contributed by atoms with Crippen LogP contribution in [0.25, 0.3) is 10.9 Å². The van der Waals surface area contributed by atoms with Crippen molar-refractivity contribution in [2.24, 2.45) is 0 Å². The predicted molar refractivity (Wildman–Crippen MR) is 46.8 cm³/mol. The largest absolute Gasteiger partial charge is 0.360 e. The van der Waals surface area contributed by atoms with Gasteiger partial charge in [0.05, 0.1) is 4.90 Å². The third-order valence-corrected chi connectivity index (χ3v) is 2.58. The van der Waals surface area contributed by atoms with Crippen LogP contribution in [0.4, 0.5) is 4.39 Å². The monoisotopic (exact) mass is 199 g/mol. The molecule has 0 aliphatic heterocycles. The van der Waals surface area contributed by atoms with Gasteiger partial charge in [0.25, 0.3) is 0 Å². The molecule has 0 bridgehead atoms. The van der Waals surface area contributed by atoms with Gasteiger partial charge in [0.15, 0.2) is 10.7 Å². The highest BCUT2D eigenvalue weighted by Gasteiger charge is 2.05. The SMILES string of the molecule is O=[SH](=O)c1c[nH]c2cc(F)ccc12. The van der Waals surface area contributed by atoms with Crippen LogP contribution in [0.15, 0.2) is 29.3 Å². The average Bonchev–Trinajstić information content (AvgIpc) is 2.46. The lowest BCUT2D eigenvalue weighted by Gasteiger charge is -1.90. The van der Waals surface area contributed by atoms with Gasteiger partial charge < -0.3 is 4.98 Å². The second-order valence-electron chi connectivity index (χ2n) is 2.62. The maximum atomic E-state index is 12.7. The normalized spacial score (nSPS) is 11.2. The molecule has 0 spiro atoms. The van der Waals surface area contributed by atoms with Crippen LogP contribution >= 0.6 is 0 Å². The van der Waals surface area contributed by atoms with Crippen molar-refractivity contribution in [1.29, 1.82) is 0 Å². The molecule has 1 N–H and O–H groups in total. The summed E-state index contributed by atoms with van der Waals surface area (Å²) in [6.45, 7) is 0. The molecule has 0 amide bonds. The predicted octanol–water partition coefficient (Wildman–Crippen LogP) is 1.28. The number of aromatic amines is 1. The molecule has 1 aromatic carbocycles. The van der Waals surface area contributed by atoms with E-state index in [2.05, 4.69) is 4.98 Å². The van der Waals surface area contributed by atoms with Crippen molar-refractivity contribution in [1.82, 2.24) is 4.98 Å². The standard InChI is InChI=1S/C8H6FNO2S/c9-5-1-2-6-7(3-5)10-4-8(6)13(11)12/h1-4,10,13H. The van der Waals surface area contributed by atoms with Gasteiger partial charge in [-0.15, -0.1) is 0 Å². The summed E-state index contributed by atoms with van der Waals surface area (Å²) in [4.78, 5) is 2.89. The summed E-state index contributed by atoms with van der Waals surface area (Å²) in [5.74, 6) is -0.387. The van der Waals surface area contributed by atoms with Crippen LogP contribution in [-0.2, 0) is 10.7 Å². The van der Waals surface area contributed by atoms with E-state index in [1.54, 1.807) is 0 Å². The van der Waals surface area contributed by atoms with Gasteiger partial charge in [0.1, 0.15) is 5.82 Å². The fourth-order valence-electron chi connectivity index (χ4n) is 1.23. The summed E-state index contributed by atoms with van der Waals surface area (Å²) >= 11 is 0. The Kier molecular flexibility index (Phi) is 1.81. The van der Waals surface area contributed by atoms with Crippen molar-refractivity contribution in [3.05, 3.63) is 30.2 Å². The molecule has 2 rings (SSSR count). The molecule has 0 unspecified atom stereocenters. The van der Waals surface area contributed by atoms with Crippen molar-refractivity contribution in [2.45, 2.75) is 4.90 Å². The summed E-state index contributed by atoms with van der Waals surface area (Å²) in [6, 6.07) is 3.94. The highest BCUT2D eigenvalue weighted by molar-refractivity contribution is 7.72. The molecule has 0 atom stereocenters. The molecule has 0 saturated heterocycles. The first-order valence-corrected chi connectivity index (χ1v) is 4.77. The third-order valence-electron chi connectivity index (χ3n) is 1.82. The summed E-state index contributed by atoms with van der Waals surface area (Å²) in [5, 5.41) is 0.525. The number of halogens is 1. The quantitative estimate of drug-likeness (QED) is 0.680. The molecule has 13 heavy (non-hydrogen) atoms. The Morgan fingerprint density at radius 3 is 2.77 bits per heavy atom. The first-order chi connectivity index (χ1) is 6.18. The summed E-state index contributed by atoms with van der Waals surface area (Å²) in [6.07, 6.45) is 1.36. The van der Waals surface area contributed by atoms with Gasteiger partial charge in [-0.3, -0.25) is 0 Å². The minimum Gasteiger partial charge on any atom is -0.360 e. The number of thiol groups is 1. The lowest BCUT2D eigenvalue weighted by molar-refractivity contribution is 0.615. The van der Waals surface area contributed by atoms with Crippen LogP contribution in [0.1, 0.15) is 0 Å². The van der Waals surface area contributed by atoms with Crippen LogP contribution < -0.4 is 0 Å². The second-order valence-corrected chi connectivity index (χ2v) is 3.62. The minimum atomic E-state index is -2.62. The molecule has 0 saturated carbocycles. The number of H-pyrrole nitrogens is 1. The van der Waals surface area contributed by atoms with Crippen molar-refractivity contribution in [2.75, 3.05) is 0 Å². The Bertz CT molecular complexity index is 522. The van der Waals surface area contributed by atoms with Crippen molar-refractivity contribution in [3.63, 3.8) is 0 Å². The van der Waals surface area contributed by atoms with Crippen molar-refractivity contribution >= 4 is 21.6 Å². The molecule has 0 radical (unpaired) electrons. The minimum absolute atomic E-state index is 0.199. The number of rotatable bonds is 1. The first kappa shape index (κ1) is 8.25. The van der Waals surface area contributed by atoms with Crippen LogP contribution in [0.3, 0.4) is 0 Å². The zero-order valence-corrected chi connectivity index (χ0v) is 7.35. The molecule has 68 valence electrons. The lowest BCUT2D eigenvalue weighted by Crippen LogP contribution is -1.77. The van der Waals surface area contributed by atoms with E-state index in [1.165, 1.54) is 24.4 Å². The molecular weight excluding hydrogens is 193 g/mol. The van der Waals surface area contributed by atoms with E-state index < -0.39 is 10.7 Å². The third kappa shape index (κ3) is 1.31. The molecule has 5 heteroatoms. The number of hydrogen-bond acceptors (Lipinski definition) is 2. The van der Waals surface area contributed by atoms with Crippen LogP contribution in [0.5, 0.6) is 0 Å². The fourth-order valence-corrected chi connectivity index (χ4v) is 1.80. The maximum Gasteiger partial charge on any atom is 0.170 e. The lowest BCUT2D eigenvalue weighted by atomic mass is 10.2. The van der Waals surface area contributed by atoms with Crippen LogP contribution in [-0.4, -0.2) is 13.4 Å². The van der Waals surface area contributed by atoms with Gasteiger partial charge in [-0.2, -0.15) is 0 Å². The van der Waals surface area contributed by atoms with Crippen molar-refractivity contribution in [3.8, 4) is 0 Å². The number of fused-ring (bicyclic) bond motifs is 1. The van der Waals surface area contributed by atoms with E-state index in [0.29, 0.717) is 10.9 Å². The molecule has 0 fully saturated rings. The van der Waals surface area contributed by atoms with E-state index in [-0.39, 0.29) is 10.7 Å². The average molecular weight is 199 g/mol. The zero-order valence-electron chi connectivity index (χ0n) is 6.45. The molecule has 0 aliphatic rings. The number of hydrogen-bond donors (Lipinski definition) is 2. The van der Waals surface area contributed by atoms with Gasteiger partial charge in [-0.1, -0.05) is 0 Å². The van der Waals surface area contributed by atoms with Crippen LogP contribution in [0, 0.1) is 5.82 Å². The fraction of sp³-hybridized carbons (Fsp3) is 0. The molecule has 3 nitrogen and oxygen atoms in total. The molecule has 1 aromatic heterocycles. The molecule has 1 heterocycles. The molecular formula is C8H6FNO2S. The Labute approximate surface area is 75.1 Å². The van der Waals surface area contributed by atoms with E-state index in [1.807, 2.05) is 0 Å². The highest BCUT2D eigenvalue weighted by Crippen LogP contribution is 2.19. The van der Waals surface area contributed by atoms with Gasteiger partial charge in [0.2, 0.25) is 0 Å². The zero-order chi connectivity index (χ0) is 9.42. The van der Waals surface area contributed by atoms with E-state index in [0.717, 1.165) is 0 Å². The second kappa shape index (κ2) is 2.85. The summed E-state index contributed by atoms with van der Waals surface area (Å²) < 4.78 is 34.0. The van der Waals surface area contributed by atoms with E-state index in [9.17, 15) is 12.8 Å². The van der Waals surface area contributed by atoms with Crippen molar-refractivity contribution < 1.29 is 12.8 Å². The van der Waals surface area contributed by atoms with Gasteiger partial charge >= 0.3 is 0 Å². The summed E-state index contributed by atoms with van der Waals surface area (Å²) in [5.41, 5.74) is 0.495. The first-order valence-electron chi connectivity index (χ1n) is 3.59. The maximum absolute atomic E-state index is 12.7. The highest BCUT2D eigenvalue weighted by atomic mass is 32.2. The Morgan fingerprint density at radius 2 is 2.08 bits per heavy atom. The van der Waals surface area contributed by atoms with Crippen LogP contribution in [0.2, 0.25) is 0 Å². The number of nitrogens with one attached hydrogen (secondary N) is 1. The Morgan fingerprint density at radius 1 is 1.31 bits per heavy atom. The number of aromatic nitrogens is 1. The molecule has 2 aromatic rings. The number of benzene rings is 1. The van der Waals surface area contributed by atoms with Gasteiger partial charge in [-0.25, -0.2) is 12.8 Å². The molecule has 0 aliphatic carbocycles. The summed E-state index contributed by atoms with van der Waals surface area (Å²) in [7, 11) is -2.62. The van der Waals surface area contributed by atoms with E-state index >= 15 is 0 Å². The Hall–Kier alpha value is -1.36. The Balaban J connectivity index is 2.83. The van der Waals surface area contributed by atoms with Gasteiger partial charge in [-0.05, 0) is 18.2 Å². The topological polar surface area (TPSA) is 49.9 Å². The van der Waals surface area contributed by atoms with E-state index in [4.69, 9.17) is 0 Å². The van der Waals surface area contributed by atoms with Gasteiger partial charge in [0, 0.05) is 17.1 Å². The smallest absolute Gasteiger partial charge is 0.170 e.